The Morgan fingerprint density at radius 3 is 2.50 bits per heavy atom. The second-order valence-electron chi connectivity index (χ2n) is 7.14. The Bertz CT molecular complexity index is 416. The van der Waals surface area contributed by atoms with Gasteiger partial charge < -0.3 is 14.5 Å². The highest BCUT2D eigenvalue weighted by atomic mass is 16.5. The molecule has 2 atom stereocenters. The molecule has 2 heterocycles. The van der Waals surface area contributed by atoms with Crippen molar-refractivity contribution in [2.45, 2.75) is 39.0 Å². The largest absolute Gasteiger partial charge is 0.378 e. The molecule has 0 radical (unpaired) electrons. The topological polar surface area (TPSA) is 49.9 Å². The summed E-state index contributed by atoms with van der Waals surface area (Å²) in [4.78, 5) is 28.9. The molecular weight excluding hydrogens is 280 g/mol. The standard InChI is InChI=1S/C17H28N2O3/c1-13(14-4-5-14)11-16(20)19-6-2-3-15(12-19)17(21)18-7-9-22-10-8-18/h13-15H,2-12H2,1H3/t13-,15-/m1/s1. The molecule has 0 spiro atoms. The Morgan fingerprint density at radius 1 is 1.09 bits per heavy atom. The summed E-state index contributed by atoms with van der Waals surface area (Å²) in [7, 11) is 0. The van der Waals surface area contributed by atoms with E-state index in [1.54, 1.807) is 0 Å². The van der Waals surface area contributed by atoms with Gasteiger partial charge >= 0.3 is 0 Å². The lowest BCUT2D eigenvalue weighted by molar-refractivity contribution is -0.144. The number of carbonyl (C=O) groups excluding carboxylic acids is 2. The zero-order chi connectivity index (χ0) is 15.5. The minimum atomic E-state index is -0.00738. The summed E-state index contributed by atoms with van der Waals surface area (Å²) in [5.74, 6) is 1.73. The first-order valence-electron chi connectivity index (χ1n) is 8.79. The number of nitrogens with zero attached hydrogens (tertiary/aromatic N) is 2. The number of carbonyl (C=O) groups is 2. The molecule has 0 aromatic rings. The van der Waals surface area contributed by atoms with Crippen LogP contribution in [0.25, 0.3) is 0 Å². The Labute approximate surface area is 133 Å². The van der Waals surface area contributed by atoms with Gasteiger partial charge in [0, 0.05) is 32.6 Å². The highest BCUT2D eigenvalue weighted by molar-refractivity contribution is 5.81. The van der Waals surface area contributed by atoms with Gasteiger partial charge in [0.2, 0.25) is 11.8 Å². The van der Waals surface area contributed by atoms with E-state index in [2.05, 4.69) is 6.92 Å². The molecule has 124 valence electrons. The maximum atomic E-state index is 12.6. The van der Waals surface area contributed by atoms with Crippen LogP contribution in [-0.2, 0) is 14.3 Å². The number of hydrogen-bond donors (Lipinski definition) is 0. The van der Waals surface area contributed by atoms with Crippen LogP contribution in [0.2, 0.25) is 0 Å². The summed E-state index contributed by atoms with van der Waals surface area (Å²) in [6, 6.07) is 0. The highest BCUT2D eigenvalue weighted by Gasteiger charge is 2.34. The average molecular weight is 308 g/mol. The number of likely N-dealkylation sites (tertiary alicyclic amines) is 1. The van der Waals surface area contributed by atoms with E-state index in [1.165, 1.54) is 12.8 Å². The van der Waals surface area contributed by atoms with E-state index in [9.17, 15) is 9.59 Å². The fourth-order valence-electron chi connectivity index (χ4n) is 3.68. The van der Waals surface area contributed by atoms with E-state index < -0.39 is 0 Å². The van der Waals surface area contributed by atoms with Crippen LogP contribution >= 0.6 is 0 Å². The summed E-state index contributed by atoms with van der Waals surface area (Å²) in [5, 5.41) is 0. The summed E-state index contributed by atoms with van der Waals surface area (Å²) in [6.45, 7) is 6.30. The quantitative estimate of drug-likeness (QED) is 0.791. The zero-order valence-corrected chi connectivity index (χ0v) is 13.6. The second-order valence-corrected chi connectivity index (χ2v) is 7.14. The van der Waals surface area contributed by atoms with Crippen LogP contribution in [0.1, 0.15) is 39.0 Å². The smallest absolute Gasteiger partial charge is 0.227 e. The lowest BCUT2D eigenvalue weighted by atomic mass is 9.94. The molecule has 2 aliphatic heterocycles. The molecule has 0 unspecified atom stereocenters. The predicted octanol–water partition coefficient (Wildman–Crippen LogP) is 1.52. The van der Waals surface area contributed by atoms with Crippen LogP contribution in [-0.4, -0.2) is 61.0 Å². The van der Waals surface area contributed by atoms with Crippen molar-refractivity contribution in [3.63, 3.8) is 0 Å². The number of amides is 2. The Kier molecular flexibility index (Phi) is 5.01. The first-order valence-corrected chi connectivity index (χ1v) is 8.79. The highest BCUT2D eigenvalue weighted by Crippen LogP contribution is 2.38. The van der Waals surface area contributed by atoms with E-state index in [-0.39, 0.29) is 17.7 Å². The van der Waals surface area contributed by atoms with E-state index in [4.69, 9.17) is 4.74 Å². The van der Waals surface area contributed by atoms with E-state index in [1.807, 2.05) is 9.80 Å². The van der Waals surface area contributed by atoms with E-state index in [0.29, 0.717) is 45.2 Å². The molecule has 22 heavy (non-hydrogen) atoms. The van der Waals surface area contributed by atoms with Gasteiger partial charge in [-0.05, 0) is 37.5 Å². The first-order chi connectivity index (χ1) is 10.6. The van der Waals surface area contributed by atoms with Crippen molar-refractivity contribution in [3.8, 4) is 0 Å². The predicted molar refractivity (Wildman–Crippen MR) is 83.2 cm³/mol. The van der Waals surface area contributed by atoms with Gasteiger partial charge in [-0.25, -0.2) is 0 Å². The average Bonchev–Trinajstić information content (AvgIpc) is 3.40. The molecular formula is C17H28N2O3. The molecule has 3 aliphatic rings. The van der Waals surface area contributed by atoms with Gasteiger partial charge in [0.1, 0.15) is 0 Å². The van der Waals surface area contributed by atoms with Crippen molar-refractivity contribution in [2.24, 2.45) is 17.8 Å². The minimum absolute atomic E-state index is 0.00738. The number of ether oxygens (including phenoxy) is 1. The SMILES string of the molecule is C[C@H](CC(=O)N1CCC[C@@H](C(=O)N2CCOCC2)C1)C1CC1. The van der Waals surface area contributed by atoms with Crippen LogP contribution in [0.15, 0.2) is 0 Å². The van der Waals surface area contributed by atoms with Crippen molar-refractivity contribution >= 4 is 11.8 Å². The molecule has 5 nitrogen and oxygen atoms in total. The second kappa shape index (κ2) is 6.99. The number of rotatable bonds is 4. The summed E-state index contributed by atoms with van der Waals surface area (Å²) >= 11 is 0. The maximum absolute atomic E-state index is 12.6. The fraction of sp³-hybridized carbons (Fsp3) is 0.882. The van der Waals surface area contributed by atoms with Crippen LogP contribution in [0, 0.1) is 17.8 Å². The van der Waals surface area contributed by atoms with Crippen molar-refractivity contribution in [1.29, 1.82) is 0 Å². The molecule has 0 aromatic heterocycles. The molecule has 3 fully saturated rings. The lowest BCUT2D eigenvalue weighted by Crippen LogP contribution is -2.49. The van der Waals surface area contributed by atoms with Gasteiger partial charge in [-0.1, -0.05) is 6.92 Å². The van der Waals surface area contributed by atoms with Gasteiger partial charge in [-0.2, -0.15) is 0 Å². The maximum Gasteiger partial charge on any atom is 0.227 e. The molecule has 0 bridgehead atoms. The van der Waals surface area contributed by atoms with E-state index >= 15 is 0 Å². The molecule has 5 heteroatoms. The normalized spacial score (nSPS) is 27.6. The third kappa shape index (κ3) is 3.80. The lowest BCUT2D eigenvalue weighted by Gasteiger charge is -2.36. The molecule has 2 amide bonds. The summed E-state index contributed by atoms with van der Waals surface area (Å²) in [5.41, 5.74) is 0. The molecule has 0 N–H and O–H groups in total. The van der Waals surface area contributed by atoms with Crippen molar-refractivity contribution in [3.05, 3.63) is 0 Å². The van der Waals surface area contributed by atoms with Gasteiger partial charge in [0.25, 0.3) is 0 Å². The van der Waals surface area contributed by atoms with Crippen molar-refractivity contribution in [2.75, 3.05) is 39.4 Å². The van der Waals surface area contributed by atoms with Crippen molar-refractivity contribution in [1.82, 2.24) is 9.80 Å². The van der Waals surface area contributed by atoms with Gasteiger partial charge in [0.15, 0.2) is 0 Å². The minimum Gasteiger partial charge on any atom is -0.378 e. The zero-order valence-electron chi connectivity index (χ0n) is 13.6. The third-order valence-electron chi connectivity index (χ3n) is 5.37. The van der Waals surface area contributed by atoms with Gasteiger partial charge in [-0.3, -0.25) is 9.59 Å². The fourth-order valence-corrected chi connectivity index (χ4v) is 3.68. The monoisotopic (exact) mass is 308 g/mol. The molecule has 2 saturated heterocycles. The molecule has 1 aliphatic carbocycles. The van der Waals surface area contributed by atoms with Gasteiger partial charge in [0.05, 0.1) is 19.1 Å². The third-order valence-corrected chi connectivity index (χ3v) is 5.37. The number of hydrogen-bond acceptors (Lipinski definition) is 3. The summed E-state index contributed by atoms with van der Waals surface area (Å²) in [6.07, 6.45) is 5.09. The Hall–Kier alpha value is -1.10. The molecule has 0 aromatic carbocycles. The van der Waals surface area contributed by atoms with Crippen molar-refractivity contribution < 1.29 is 14.3 Å². The number of morpholine rings is 1. The molecule has 1 saturated carbocycles. The first kappa shape index (κ1) is 15.8. The number of piperidine rings is 1. The van der Waals surface area contributed by atoms with Crippen LogP contribution in [0.4, 0.5) is 0 Å². The van der Waals surface area contributed by atoms with Crippen LogP contribution < -0.4 is 0 Å². The molecule has 3 rings (SSSR count). The van der Waals surface area contributed by atoms with Crippen LogP contribution in [0.5, 0.6) is 0 Å². The summed E-state index contributed by atoms with van der Waals surface area (Å²) < 4.78 is 5.31. The van der Waals surface area contributed by atoms with E-state index in [0.717, 1.165) is 25.3 Å². The Morgan fingerprint density at radius 2 is 1.82 bits per heavy atom. The van der Waals surface area contributed by atoms with Gasteiger partial charge in [-0.15, -0.1) is 0 Å². The van der Waals surface area contributed by atoms with Crippen LogP contribution in [0.3, 0.4) is 0 Å². The Balaban J connectivity index is 1.51.